The SMILES string of the molecule is CC(C)Oc1ccccc1NC(=O)NCc1cccc(C(N)=O)c1. The monoisotopic (exact) mass is 327 g/mol. The molecule has 24 heavy (non-hydrogen) atoms. The van der Waals surface area contributed by atoms with Crippen molar-refractivity contribution < 1.29 is 14.3 Å². The van der Waals surface area contributed by atoms with Gasteiger partial charge in [0, 0.05) is 12.1 Å². The van der Waals surface area contributed by atoms with Gasteiger partial charge in [0.25, 0.3) is 0 Å². The predicted molar refractivity (Wildman–Crippen MR) is 93.0 cm³/mol. The Hall–Kier alpha value is -3.02. The second-order valence-electron chi connectivity index (χ2n) is 5.54. The average Bonchev–Trinajstić information content (AvgIpc) is 2.54. The van der Waals surface area contributed by atoms with Gasteiger partial charge in [-0.25, -0.2) is 4.79 Å². The third-order valence-electron chi connectivity index (χ3n) is 3.16. The largest absolute Gasteiger partial charge is 0.489 e. The first-order chi connectivity index (χ1) is 11.5. The van der Waals surface area contributed by atoms with E-state index < -0.39 is 5.91 Å². The summed E-state index contributed by atoms with van der Waals surface area (Å²) in [5, 5.41) is 5.49. The number of hydrogen-bond acceptors (Lipinski definition) is 3. The predicted octanol–water partition coefficient (Wildman–Crippen LogP) is 2.89. The number of amides is 3. The van der Waals surface area contributed by atoms with E-state index in [2.05, 4.69) is 10.6 Å². The average molecular weight is 327 g/mol. The zero-order chi connectivity index (χ0) is 17.5. The van der Waals surface area contributed by atoms with Crippen LogP contribution in [0.25, 0.3) is 0 Å². The first kappa shape index (κ1) is 17.3. The van der Waals surface area contributed by atoms with Crippen LogP contribution in [0.4, 0.5) is 10.5 Å². The summed E-state index contributed by atoms with van der Waals surface area (Å²) in [5.74, 6) is 0.111. The summed E-state index contributed by atoms with van der Waals surface area (Å²) in [5.41, 5.74) is 7.03. The van der Waals surface area contributed by atoms with E-state index >= 15 is 0 Å². The maximum absolute atomic E-state index is 12.1. The lowest BCUT2D eigenvalue weighted by molar-refractivity contribution is 0.1000. The topological polar surface area (TPSA) is 93.4 Å². The van der Waals surface area contributed by atoms with Gasteiger partial charge in [-0.2, -0.15) is 0 Å². The van der Waals surface area contributed by atoms with Crippen molar-refractivity contribution in [3.63, 3.8) is 0 Å². The standard InChI is InChI=1S/C18H21N3O3/c1-12(2)24-16-9-4-3-8-15(16)21-18(23)20-11-13-6-5-7-14(10-13)17(19)22/h3-10,12H,11H2,1-2H3,(H2,19,22)(H2,20,21,23). The summed E-state index contributed by atoms with van der Waals surface area (Å²) in [4.78, 5) is 23.2. The third kappa shape index (κ3) is 5.01. The molecule has 6 heteroatoms. The van der Waals surface area contributed by atoms with Gasteiger partial charge in [-0.15, -0.1) is 0 Å². The molecule has 6 nitrogen and oxygen atoms in total. The van der Waals surface area contributed by atoms with E-state index in [4.69, 9.17) is 10.5 Å². The molecule has 0 saturated heterocycles. The highest BCUT2D eigenvalue weighted by molar-refractivity contribution is 5.93. The Bertz CT molecular complexity index is 729. The van der Waals surface area contributed by atoms with Crippen molar-refractivity contribution in [2.24, 2.45) is 5.73 Å². The van der Waals surface area contributed by atoms with Crippen molar-refractivity contribution in [3.05, 3.63) is 59.7 Å². The minimum Gasteiger partial charge on any atom is -0.489 e. The normalized spacial score (nSPS) is 10.3. The molecule has 0 spiro atoms. The van der Waals surface area contributed by atoms with Gasteiger partial charge in [-0.05, 0) is 43.7 Å². The number of primary amides is 1. The highest BCUT2D eigenvalue weighted by atomic mass is 16.5. The summed E-state index contributed by atoms with van der Waals surface area (Å²) < 4.78 is 5.66. The van der Waals surface area contributed by atoms with Crippen molar-refractivity contribution in [3.8, 4) is 5.75 Å². The number of benzene rings is 2. The highest BCUT2D eigenvalue weighted by Crippen LogP contribution is 2.24. The molecule has 0 saturated carbocycles. The Kier molecular flexibility index (Phi) is 5.78. The molecule has 0 heterocycles. The van der Waals surface area contributed by atoms with Crippen LogP contribution >= 0.6 is 0 Å². The number of carbonyl (C=O) groups is 2. The van der Waals surface area contributed by atoms with E-state index in [1.54, 1.807) is 30.3 Å². The third-order valence-corrected chi connectivity index (χ3v) is 3.16. The molecule has 4 N–H and O–H groups in total. The van der Waals surface area contributed by atoms with Crippen molar-refractivity contribution in [1.29, 1.82) is 0 Å². The van der Waals surface area contributed by atoms with Gasteiger partial charge >= 0.3 is 6.03 Å². The van der Waals surface area contributed by atoms with Gasteiger partial charge in [0.05, 0.1) is 11.8 Å². The van der Waals surface area contributed by atoms with E-state index in [1.807, 2.05) is 32.0 Å². The number of carbonyl (C=O) groups excluding carboxylic acids is 2. The molecule has 0 aliphatic rings. The number of para-hydroxylation sites is 2. The van der Waals surface area contributed by atoms with Crippen LogP contribution in [-0.2, 0) is 6.54 Å². The molecule has 0 atom stereocenters. The van der Waals surface area contributed by atoms with Gasteiger partial charge < -0.3 is 21.1 Å². The quantitative estimate of drug-likeness (QED) is 0.761. The van der Waals surface area contributed by atoms with Gasteiger partial charge in [0.1, 0.15) is 5.75 Å². The number of nitrogens with one attached hydrogen (secondary N) is 2. The highest BCUT2D eigenvalue weighted by Gasteiger charge is 2.09. The van der Waals surface area contributed by atoms with E-state index in [-0.39, 0.29) is 18.7 Å². The molecular formula is C18H21N3O3. The van der Waals surface area contributed by atoms with Crippen molar-refractivity contribution >= 4 is 17.6 Å². The lowest BCUT2D eigenvalue weighted by atomic mass is 10.1. The second-order valence-corrected chi connectivity index (χ2v) is 5.54. The van der Waals surface area contributed by atoms with Crippen molar-refractivity contribution in [2.75, 3.05) is 5.32 Å². The van der Waals surface area contributed by atoms with Gasteiger partial charge in [0.2, 0.25) is 5.91 Å². The summed E-state index contributed by atoms with van der Waals surface area (Å²) >= 11 is 0. The first-order valence-electron chi connectivity index (χ1n) is 7.65. The van der Waals surface area contributed by atoms with Crippen LogP contribution in [0.2, 0.25) is 0 Å². The van der Waals surface area contributed by atoms with Crippen LogP contribution in [0.5, 0.6) is 5.75 Å². The minimum absolute atomic E-state index is 0.00699. The summed E-state index contributed by atoms with van der Waals surface area (Å²) in [6.07, 6.45) is 0.00699. The van der Waals surface area contributed by atoms with Crippen molar-refractivity contribution in [1.82, 2.24) is 5.32 Å². The zero-order valence-corrected chi connectivity index (χ0v) is 13.7. The molecule has 0 aliphatic heterocycles. The smallest absolute Gasteiger partial charge is 0.319 e. The molecule has 0 aliphatic carbocycles. The minimum atomic E-state index is -0.499. The summed E-state index contributed by atoms with van der Waals surface area (Å²) in [6, 6.07) is 13.7. The fourth-order valence-corrected chi connectivity index (χ4v) is 2.11. The fraction of sp³-hybridized carbons (Fsp3) is 0.222. The maximum Gasteiger partial charge on any atom is 0.319 e. The van der Waals surface area contributed by atoms with Crippen LogP contribution in [0.3, 0.4) is 0 Å². The second kappa shape index (κ2) is 8.01. The van der Waals surface area contributed by atoms with Gasteiger partial charge in [-0.1, -0.05) is 24.3 Å². The number of rotatable bonds is 6. The molecule has 0 bridgehead atoms. The Labute approximate surface area is 141 Å². The molecule has 2 aromatic carbocycles. The fourth-order valence-electron chi connectivity index (χ4n) is 2.11. The number of urea groups is 1. The molecule has 0 aromatic heterocycles. The zero-order valence-electron chi connectivity index (χ0n) is 13.7. The van der Waals surface area contributed by atoms with Crippen LogP contribution in [0, 0.1) is 0 Å². The lowest BCUT2D eigenvalue weighted by Crippen LogP contribution is -2.28. The first-order valence-corrected chi connectivity index (χ1v) is 7.65. The molecule has 2 rings (SSSR count). The Morgan fingerprint density at radius 2 is 1.88 bits per heavy atom. The maximum atomic E-state index is 12.1. The number of anilines is 1. The summed E-state index contributed by atoms with van der Waals surface area (Å²) in [7, 11) is 0. The Balaban J connectivity index is 1.97. The molecule has 0 unspecified atom stereocenters. The van der Waals surface area contributed by atoms with Crippen LogP contribution in [-0.4, -0.2) is 18.0 Å². The molecular weight excluding hydrogens is 306 g/mol. The van der Waals surface area contributed by atoms with E-state index in [0.717, 1.165) is 5.56 Å². The molecule has 0 radical (unpaired) electrons. The number of nitrogens with two attached hydrogens (primary N) is 1. The van der Waals surface area contributed by atoms with E-state index in [1.165, 1.54) is 0 Å². The molecule has 0 fully saturated rings. The molecule has 3 amide bonds. The van der Waals surface area contributed by atoms with Crippen LogP contribution in [0.15, 0.2) is 48.5 Å². The molecule has 126 valence electrons. The van der Waals surface area contributed by atoms with Crippen LogP contribution < -0.4 is 21.1 Å². The Morgan fingerprint density at radius 3 is 2.58 bits per heavy atom. The van der Waals surface area contributed by atoms with Gasteiger partial charge in [-0.3, -0.25) is 4.79 Å². The lowest BCUT2D eigenvalue weighted by Gasteiger charge is -2.15. The van der Waals surface area contributed by atoms with Gasteiger partial charge in [0.15, 0.2) is 0 Å². The van der Waals surface area contributed by atoms with E-state index in [9.17, 15) is 9.59 Å². The summed E-state index contributed by atoms with van der Waals surface area (Å²) in [6.45, 7) is 4.12. The Morgan fingerprint density at radius 1 is 1.12 bits per heavy atom. The van der Waals surface area contributed by atoms with Crippen LogP contribution in [0.1, 0.15) is 29.8 Å². The number of ether oxygens (including phenoxy) is 1. The van der Waals surface area contributed by atoms with E-state index in [0.29, 0.717) is 17.0 Å². The van der Waals surface area contributed by atoms with Crippen molar-refractivity contribution in [2.45, 2.75) is 26.5 Å². The number of hydrogen-bond donors (Lipinski definition) is 3. The molecule has 2 aromatic rings.